The van der Waals surface area contributed by atoms with Gasteiger partial charge in [-0.1, -0.05) is 71.2 Å². The zero-order chi connectivity index (χ0) is 20.8. The fourth-order valence-corrected chi connectivity index (χ4v) is 3.45. The van der Waals surface area contributed by atoms with Crippen LogP contribution in [0.15, 0.2) is 60.7 Å². The van der Waals surface area contributed by atoms with E-state index in [2.05, 4.69) is 6.07 Å². The molecule has 3 aromatic carbocycles. The Morgan fingerprint density at radius 1 is 0.966 bits per heavy atom. The van der Waals surface area contributed by atoms with E-state index >= 15 is 0 Å². The third-order valence-corrected chi connectivity index (χ3v) is 5.16. The largest absolute Gasteiger partial charge is 0.493 e. The van der Waals surface area contributed by atoms with Gasteiger partial charge in [-0.05, 0) is 35.9 Å². The molecule has 0 radical (unpaired) electrons. The first kappa shape index (κ1) is 21.1. The van der Waals surface area contributed by atoms with E-state index in [1.54, 1.807) is 36.4 Å². The summed E-state index contributed by atoms with van der Waals surface area (Å²) in [6.45, 7) is 0.244. The van der Waals surface area contributed by atoms with Crippen LogP contribution < -0.4 is 9.47 Å². The lowest BCUT2D eigenvalue weighted by Crippen LogP contribution is -1.99. The van der Waals surface area contributed by atoms with Crippen LogP contribution in [0.3, 0.4) is 0 Å². The molecule has 0 amide bonds. The van der Waals surface area contributed by atoms with Crippen LogP contribution in [0.2, 0.25) is 15.1 Å². The summed E-state index contributed by atoms with van der Waals surface area (Å²) >= 11 is 18.8. The van der Waals surface area contributed by atoms with Crippen LogP contribution in [0.1, 0.15) is 16.7 Å². The summed E-state index contributed by atoms with van der Waals surface area (Å²) in [5.41, 5.74) is 2.58. The summed E-state index contributed by atoms with van der Waals surface area (Å²) in [6.07, 6.45) is 1.70. The molecule has 3 nitrogen and oxygen atoms in total. The molecular weight excluding hydrogens is 429 g/mol. The zero-order valence-corrected chi connectivity index (χ0v) is 17.7. The summed E-state index contributed by atoms with van der Waals surface area (Å²) < 4.78 is 11.3. The minimum atomic E-state index is 0.244. The first-order chi connectivity index (χ1) is 14.0. The van der Waals surface area contributed by atoms with Gasteiger partial charge in [0.15, 0.2) is 11.5 Å². The molecule has 0 saturated carbocycles. The van der Waals surface area contributed by atoms with Crippen molar-refractivity contribution in [2.24, 2.45) is 0 Å². The highest BCUT2D eigenvalue weighted by Gasteiger charge is 2.14. The van der Waals surface area contributed by atoms with E-state index in [0.29, 0.717) is 43.3 Å². The van der Waals surface area contributed by atoms with Crippen molar-refractivity contribution in [1.29, 1.82) is 5.26 Å². The van der Waals surface area contributed by atoms with Crippen LogP contribution in [0.4, 0.5) is 0 Å². The minimum Gasteiger partial charge on any atom is -0.493 e. The topological polar surface area (TPSA) is 42.2 Å². The maximum atomic E-state index is 9.57. The molecule has 0 aliphatic heterocycles. The van der Waals surface area contributed by atoms with E-state index in [9.17, 15) is 5.26 Å². The van der Waals surface area contributed by atoms with Gasteiger partial charge in [0, 0.05) is 21.2 Å². The average Bonchev–Trinajstić information content (AvgIpc) is 2.72. The summed E-state index contributed by atoms with van der Waals surface area (Å²) in [5, 5.41) is 11.0. The Balaban J connectivity index is 1.93. The number of ether oxygens (including phenoxy) is 2. The molecule has 6 heteroatoms. The molecule has 0 spiro atoms. The van der Waals surface area contributed by atoms with Crippen LogP contribution in [0.5, 0.6) is 11.5 Å². The van der Waals surface area contributed by atoms with Gasteiger partial charge < -0.3 is 9.47 Å². The molecule has 0 N–H and O–H groups in total. The van der Waals surface area contributed by atoms with Gasteiger partial charge in [0.25, 0.3) is 0 Å². The maximum Gasteiger partial charge on any atom is 0.180 e. The Morgan fingerprint density at radius 3 is 2.31 bits per heavy atom. The molecule has 0 fully saturated rings. The highest BCUT2D eigenvalue weighted by Crippen LogP contribution is 2.38. The predicted molar refractivity (Wildman–Crippen MR) is 119 cm³/mol. The van der Waals surface area contributed by atoms with Crippen molar-refractivity contribution in [2.45, 2.75) is 6.61 Å². The van der Waals surface area contributed by atoms with Crippen molar-refractivity contribution < 1.29 is 9.47 Å². The normalized spacial score (nSPS) is 11.1. The second-order valence-electron chi connectivity index (χ2n) is 6.06. The molecule has 0 aromatic heterocycles. The molecule has 0 unspecified atom stereocenters. The molecule has 3 rings (SSSR count). The summed E-state index contributed by atoms with van der Waals surface area (Å²) in [7, 11) is 1.53. The quantitative estimate of drug-likeness (QED) is 0.296. The lowest BCUT2D eigenvalue weighted by Gasteiger charge is -2.14. The SMILES string of the molecule is COc1cc(C=C(C#N)c2ccccc2Cl)cc(Cl)c1OCc1ccccc1Cl. The van der Waals surface area contributed by atoms with Crippen molar-refractivity contribution in [3.05, 3.63) is 92.4 Å². The molecule has 0 saturated heterocycles. The molecule has 146 valence electrons. The van der Waals surface area contributed by atoms with Gasteiger partial charge in [0.2, 0.25) is 0 Å². The van der Waals surface area contributed by atoms with Crippen molar-refractivity contribution >= 4 is 46.5 Å². The number of methoxy groups -OCH3 is 1. The summed E-state index contributed by atoms with van der Waals surface area (Å²) in [6, 6.07) is 20.2. The summed E-state index contributed by atoms with van der Waals surface area (Å²) in [4.78, 5) is 0. The number of hydrogen-bond acceptors (Lipinski definition) is 3. The monoisotopic (exact) mass is 443 g/mol. The van der Waals surface area contributed by atoms with Gasteiger partial charge in [-0.3, -0.25) is 0 Å². The first-order valence-corrected chi connectivity index (χ1v) is 9.77. The van der Waals surface area contributed by atoms with Crippen LogP contribution in [-0.2, 0) is 6.61 Å². The van der Waals surface area contributed by atoms with Crippen molar-refractivity contribution in [3.63, 3.8) is 0 Å². The first-order valence-electron chi connectivity index (χ1n) is 8.64. The Bertz CT molecular complexity index is 1100. The van der Waals surface area contributed by atoms with Crippen molar-refractivity contribution in [3.8, 4) is 17.6 Å². The number of allylic oxidation sites excluding steroid dienone is 1. The van der Waals surface area contributed by atoms with Gasteiger partial charge in [-0.25, -0.2) is 0 Å². The van der Waals surface area contributed by atoms with E-state index < -0.39 is 0 Å². The Labute approximate surface area is 184 Å². The highest BCUT2D eigenvalue weighted by molar-refractivity contribution is 6.33. The fourth-order valence-electron chi connectivity index (χ4n) is 2.75. The maximum absolute atomic E-state index is 9.57. The van der Waals surface area contributed by atoms with E-state index in [-0.39, 0.29) is 6.61 Å². The van der Waals surface area contributed by atoms with Gasteiger partial charge in [0.1, 0.15) is 6.61 Å². The van der Waals surface area contributed by atoms with Gasteiger partial charge >= 0.3 is 0 Å². The fraction of sp³-hybridized carbons (Fsp3) is 0.0870. The molecule has 0 heterocycles. The number of hydrogen-bond donors (Lipinski definition) is 0. The van der Waals surface area contributed by atoms with Crippen molar-refractivity contribution in [1.82, 2.24) is 0 Å². The molecule has 0 aliphatic rings. The number of rotatable bonds is 6. The van der Waals surface area contributed by atoms with Crippen LogP contribution in [0, 0.1) is 11.3 Å². The Morgan fingerprint density at radius 2 is 1.66 bits per heavy atom. The Hall–Kier alpha value is -2.64. The molecule has 0 atom stereocenters. The minimum absolute atomic E-state index is 0.244. The molecule has 3 aromatic rings. The molecule has 0 bridgehead atoms. The highest BCUT2D eigenvalue weighted by atomic mass is 35.5. The van der Waals surface area contributed by atoms with Gasteiger partial charge in [-0.2, -0.15) is 5.26 Å². The second kappa shape index (κ2) is 9.71. The average molecular weight is 445 g/mol. The smallest absolute Gasteiger partial charge is 0.180 e. The van der Waals surface area contributed by atoms with Crippen molar-refractivity contribution in [2.75, 3.05) is 7.11 Å². The number of benzene rings is 3. The molecule has 29 heavy (non-hydrogen) atoms. The van der Waals surface area contributed by atoms with Crippen LogP contribution in [-0.4, -0.2) is 7.11 Å². The van der Waals surface area contributed by atoms with E-state index in [1.807, 2.05) is 30.3 Å². The summed E-state index contributed by atoms with van der Waals surface area (Å²) in [5.74, 6) is 0.856. The lowest BCUT2D eigenvalue weighted by atomic mass is 10.0. The number of halogens is 3. The second-order valence-corrected chi connectivity index (χ2v) is 7.29. The molecule has 0 aliphatic carbocycles. The predicted octanol–water partition coefficient (Wildman–Crippen LogP) is 7.30. The Kier molecular flexibility index (Phi) is 7.06. The lowest BCUT2D eigenvalue weighted by molar-refractivity contribution is 0.285. The van der Waals surface area contributed by atoms with Gasteiger partial charge in [0.05, 0.1) is 23.8 Å². The van der Waals surface area contributed by atoms with E-state index in [4.69, 9.17) is 44.3 Å². The van der Waals surface area contributed by atoms with Gasteiger partial charge in [-0.15, -0.1) is 0 Å². The zero-order valence-electron chi connectivity index (χ0n) is 15.5. The van der Waals surface area contributed by atoms with E-state index in [0.717, 1.165) is 5.56 Å². The van der Waals surface area contributed by atoms with E-state index in [1.165, 1.54) is 7.11 Å². The third-order valence-electron chi connectivity index (χ3n) is 4.18. The standard InChI is InChI=1S/C23H16Cl3NO2/c1-28-22-12-15(10-17(13-27)18-7-3-5-9-20(18)25)11-21(26)23(22)29-14-16-6-2-4-8-19(16)24/h2-12H,14H2,1H3. The van der Waals surface area contributed by atoms with Crippen LogP contribution in [0.25, 0.3) is 11.6 Å². The van der Waals surface area contributed by atoms with Crippen LogP contribution >= 0.6 is 34.8 Å². The number of nitrogens with zero attached hydrogens (tertiary/aromatic N) is 1. The number of nitriles is 1. The third kappa shape index (κ3) is 5.05. The molecular formula is C23H16Cl3NO2.